The number of hydrogen-bond donors (Lipinski definition) is 0. The summed E-state index contributed by atoms with van der Waals surface area (Å²) in [5, 5.41) is -0.102. The largest absolute Gasteiger partial charge is 0.330 e. The van der Waals surface area contributed by atoms with E-state index in [1.54, 1.807) is 24.4 Å². The number of carbonyl (C=O) groups excluding carboxylic acids is 1. The van der Waals surface area contributed by atoms with Crippen molar-refractivity contribution < 1.29 is 13.2 Å². The van der Waals surface area contributed by atoms with Crippen LogP contribution in [0.5, 0.6) is 0 Å². The number of pyridine rings is 1. The molecule has 0 radical (unpaired) electrons. The summed E-state index contributed by atoms with van der Waals surface area (Å²) in [5.74, 6) is -0.219. The fourth-order valence-electron chi connectivity index (χ4n) is 3.87. The number of carbonyl (C=O) groups is 1. The van der Waals surface area contributed by atoms with Crippen LogP contribution >= 0.6 is 0 Å². The van der Waals surface area contributed by atoms with Gasteiger partial charge in [0.25, 0.3) is 5.91 Å². The maximum Gasteiger partial charge on any atom is 0.275 e. The molecule has 6 nitrogen and oxygen atoms in total. The van der Waals surface area contributed by atoms with Crippen molar-refractivity contribution in [1.82, 2.24) is 14.3 Å². The number of imidazole rings is 1. The van der Waals surface area contributed by atoms with E-state index in [0.717, 1.165) is 31.1 Å². The standard InChI is InChI=1S/C21H23N3O3S/c1-15-9-11-16(12-10-15)17-7-3-5-13-23(17)20(25)19-18-8-4-6-14-24(18)21(22-19)28(2,26)27/h4,6,8-12,14,17H,3,5,7,13H2,1-2H3/t17-/m0/s1. The number of amides is 1. The summed E-state index contributed by atoms with van der Waals surface area (Å²) in [5.41, 5.74) is 2.99. The van der Waals surface area contributed by atoms with Crippen LogP contribution in [-0.4, -0.2) is 41.4 Å². The molecule has 1 aliphatic rings. The Kier molecular flexibility index (Phi) is 4.71. The van der Waals surface area contributed by atoms with Gasteiger partial charge < -0.3 is 4.90 Å². The van der Waals surface area contributed by atoms with E-state index in [4.69, 9.17) is 0 Å². The highest BCUT2D eigenvalue weighted by atomic mass is 32.2. The number of fused-ring (bicyclic) bond motifs is 1. The molecule has 0 bridgehead atoms. The monoisotopic (exact) mass is 397 g/mol. The fourth-order valence-corrected chi connectivity index (χ4v) is 4.65. The van der Waals surface area contributed by atoms with Crippen molar-refractivity contribution in [3.8, 4) is 0 Å². The topological polar surface area (TPSA) is 71.8 Å². The van der Waals surface area contributed by atoms with Crippen molar-refractivity contribution in [2.24, 2.45) is 0 Å². The first-order valence-electron chi connectivity index (χ1n) is 9.41. The van der Waals surface area contributed by atoms with Gasteiger partial charge in [-0.15, -0.1) is 0 Å². The second-order valence-electron chi connectivity index (χ2n) is 7.39. The molecule has 1 aromatic carbocycles. The molecule has 7 heteroatoms. The Morgan fingerprint density at radius 3 is 2.57 bits per heavy atom. The average molecular weight is 398 g/mol. The smallest absolute Gasteiger partial charge is 0.275 e. The first kappa shape index (κ1) is 18.7. The summed E-state index contributed by atoms with van der Waals surface area (Å²) in [6, 6.07) is 13.5. The predicted molar refractivity (Wildman–Crippen MR) is 107 cm³/mol. The highest BCUT2D eigenvalue weighted by Crippen LogP contribution is 2.33. The molecule has 3 heterocycles. The predicted octanol–water partition coefficient (Wildman–Crippen LogP) is 3.41. The third kappa shape index (κ3) is 3.30. The van der Waals surface area contributed by atoms with Crippen molar-refractivity contribution in [2.75, 3.05) is 12.8 Å². The van der Waals surface area contributed by atoms with Gasteiger partial charge >= 0.3 is 0 Å². The quantitative estimate of drug-likeness (QED) is 0.679. The number of piperidine rings is 1. The molecule has 1 fully saturated rings. The van der Waals surface area contributed by atoms with Crippen LogP contribution in [0.3, 0.4) is 0 Å². The lowest BCUT2D eigenvalue weighted by atomic mass is 9.94. The molecule has 1 saturated heterocycles. The van der Waals surface area contributed by atoms with Crippen LogP contribution in [0.4, 0.5) is 0 Å². The fraction of sp³-hybridized carbons (Fsp3) is 0.333. The highest BCUT2D eigenvalue weighted by Gasteiger charge is 2.32. The minimum Gasteiger partial charge on any atom is -0.330 e. The van der Waals surface area contributed by atoms with Gasteiger partial charge in [0.1, 0.15) is 0 Å². The zero-order valence-corrected chi connectivity index (χ0v) is 16.8. The van der Waals surface area contributed by atoms with Crippen LogP contribution in [-0.2, 0) is 9.84 Å². The zero-order valence-electron chi connectivity index (χ0n) is 16.0. The maximum absolute atomic E-state index is 13.5. The Morgan fingerprint density at radius 2 is 1.86 bits per heavy atom. The highest BCUT2D eigenvalue weighted by molar-refractivity contribution is 7.90. The maximum atomic E-state index is 13.5. The molecule has 0 unspecified atom stereocenters. The van der Waals surface area contributed by atoms with Crippen LogP contribution in [0.2, 0.25) is 0 Å². The second kappa shape index (κ2) is 7.05. The van der Waals surface area contributed by atoms with Crippen molar-refractivity contribution in [3.63, 3.8) is 0 Å². The molecule has 1 aliphatic heterocycles. The molecule has 4 rings (SSSR count). The van der Waals surface area contributed by atoms with Gasteiger partial charge in [-0.3, -0.25) is 9.20 Å². The number of aryl methyl sites for hydroxylation is 1. The number of nitrogens with zero attached hydrogens (tertiary/aromatic N) is 3. The summed E-state index contributed by atoms with van der Waals surface area (Å²) in [4.78, 5) is 19.6. The van der Waals surface area contributed by atoms with E-state index in [-0.39, 0.29) is 22.8 Å². The van der Waals surface area contributed by atoms with Crippen molar-refractivity contribution in [1.29, 1.82) is 0 Å². The van der Waals surface area contributed by atoms with E-state index in [1.807, 2.05) is 11.8 Å². The summed E-state index contributed by atoms with van der Waals surface area (Å²) < 4.78 is 25.8. The number of benzene rings is 1. The lowest BCUT2D eigenvalue weighted by Crippen LogP contribution is -2.38. The molecular formula is C21H23N3O3S. The van der Waals surface area contributed by atoms with Crippen LogP contribution in [0.1, 0.15) is 46.9 Å². The summed E-state index contributed by atoms with van der Waals surface area (Å²) in [6.07, 6.45) is 5.61. The van der Waals surface area contributed by atoms with Crippen molar-refractivity contribution in [3.05, 3.63) is 65.5 Å². The molecule has 0 saturated carbocycles. The third-order valence-corrected chi connectivity index (χ3v) is 6.23. The molecular weight excluding hydrogens is 374 g/mol. The van der Waals surface area contributed by atoms with Crippen LogP contribution < -0.4 is 0 Å². The Morgan fingerprint density at radius 1 is 1.11 bits per heavy atom. The van der Waals surface area contributed by atoms with E-state index in [2.05, 4.69) is 29.2 Å². The first-order chi connectivity index (χ1) is 13.4. The van der Waals surface area contributed by atoms with Gasteiger partial charge in [0.15, 0.2) is 5.69 Å². The second-order valence-corrected chi connectivity index (χ2v) is 9.30. The third-order valence-electron chi connectivity index (χ3n) is 5.28. The van der Waals surface area contributed by atoms with E-state index in [0.29, 0.717) is 12.1 Å². The zero-order chi connectivity index (χ0) is 19.9. The van der Waals surface area contributed by atoms with Gasteiger partial charge in [-0.25, -0.2) is 13.4 Å². The van der Waals surface area contributed by atoms with Gasteiger partial charge in [0, 0.05) is 19.0 Å². The Balaban J connectivity index is 1.78. The molecule has 0 N–H and O–H groups in total. The lowest BCUT2D eigenvalue weighted by Gasteiger charge is -2.35. The van der Waals surface area contributed by atoms with Crippen LogP contribution in [0, 0.1) is 6.92 Å². The molecule has 146 valence electrons. The number of likely N-dealkylation sites (tertiary alicyclic amines) is 1. The molecule has 1 amide bonds. The van der Waals surface area contributed by atoms with Crippen molar-refractivity contribution in [2.45, 2.75) is 37.4 Å². The SMILES string of the molecule is Cc1ccc([C@@H]2CCCCN2C(=O)c2nc(S(C)(=O)=O)n3ccccc23)cc1. The van der Waals surface area contributed by atoms with E-state index >= 15 is 0 Å². The van der Waals surface area contributed by atoms with E-state index in [1.165, 1.54) is 9.96 Å². The Labute approximate surface area is 164 Å². The molecule has 2 aromatic heterocycles. The van der Waals surface area contributed by atoms with Crippen LogP contribution in [0.15, 0.2) is 53.8 Å². The summed E-state index contributed by atoms with van der Waals surface area (Å²) in [7, 11) is -3.56. The molecule has 0 aliphatic carbocycles. The Bertz CT molecular complexity index is 1130. The minimum atomic E-state index is -3.56. The van der Waals surface area contributed by atoms with E-state index in [9.17, 15) is 13.2 Å². The van der Waals surface area contributed by atoms with Crippen molar-refractivity contribution >= 4 is 21.3 Å². The summed E-state index contributed by atoms with van der Waals surface area (Å²) >= 11 is 0. The lowest BCUT2D eigenvalue weighted by molar-refractivity contribution is 0.0607. The van der Waals surface area contributed by atoms with Gasteiger partial charge in [-0.1, -0.05) is 35.9 Å². The van der Waals surface area contributed by atoms with Gasteiger partial charge in [-0.05, 0) is 43.9 Å². The van der Waals surface area contributed by atoms with Gasteiger partial charge in [0.05, 0.1) is 11.6 Å². The summed E-state index contributed by atoms with van der Waals surface area (Å²) in [6.45, 7) is 2.68. The van der Waals surface area contributed by atoms with Gasteiger partial charge in [-0.2, -0.15) is 0 Å². The molecule has 3 aromatic rings. The number of sulfone groups is 1. The average Bonchev–Trinajstić information content (AvgIpc) is 3.08. The first-order valence-corrected chi connectivity index (χ1v) is 11.3. The minimum absolute atomic E-state index is 0.0241. The number of rotatable bonds is 3. The van der Waals surface area contributed by atoms with Crippen LogP contribution in [0.25, 0.3) is 5.52 Å². The number of aromatic nitrogens is 2. The molecule has 28 heavy (non-hydrogen) atoms. The normalized spacial score (nSPS) is 17.8. The van der Waals surface area contributed by atoms with Gasteiger partial charge in [0.2, 0.25) is 15.0 Å². The Hall–Kier alpha value is -2.67. The number of hydrogen-bond acceptors (Lipinski definition) is 4. The molecule has 0 spiro atoms. The van der Waals surface area contributed by atoms with E-state index < -0.39 is 9.84 Å². The molecule has 1 atom stereocenters.